The van der Waals surface area contributed by atoms with Crippen LogP contribution in [0.3, 0.4) is 0 Å². The van der Waals surface area contributed by atoms with Gasteiger partial charge in [-0.3, -0.25) is 4.68 Å². The largest absolute Gasteiger partial charge is 0.420 e. The molecule has 1 aromatic rings. The van der Waals surface area contributed by atoms with Crippen LogP contribution in [-0.4, -0.2) is 24.2 Å². The Kier molecular flexibility index (Phi) is 5.01. The van der Waals surface area contributed by atoms with Gasteiger partial charge in [0, 0.05) is 7.05 Å². The molecular formula is C11H15F3N4O2S. The highest BCUT2D eigenvalue weighted by molar-refractivity contribution is 7.89. The first-order valence-corrected chi connectivity index (χ1v) is 7.48. The Morgan fingerprint density at radius 3 is 2.48 bits per heavy atom. The first-order valence-electron chi connectivity index (χ1n) is 6.00. The minimum atomic E-state index is -4.85. The highest BCUT2D eigenvalue weighted by atomic mass is 32.2. The number of hydrogen-bond donors (Lipinski definition) is 1. The van der Waals surface area contributed by atoms with Crippen molar-refractivity contribution in [2.75, 3.05) is 0 Å². The first kappa shape index (κ1) is 17.5. The zero-order chi connectivity index (χ0) is 16.4. The maximum Gasteiger partial charge on any atom is 0.420 e. The number of halogens is 3. The van der Waals surface area contributed by atoms with E-state index >= 15 is 0 Å². The SMILES string of the molecule is CC(C)CC(C#N)NS(=O)(=O)c1c(C(F)(F)F)cnn1C. The van der Waals surface area contributed by atoms with Crippen LogP contribution in [0, 0.1) is 17.2 Å². The monoisotopic (exact) mass is 324 g/mol. The molecule has 0 aliphatic heterocycles. The molecule has 0 radical (unpaired) electrons. The molecule has 0 fully saturated rings. The Balaban J connectivity index is 3.21. The van der Waals surface area contributed by atoms with Gasteiger partial charge in [-0.1, -0.05) is 13.8 Å². The van der Waals surface area contributed by atoms with E-state index in [1.807, 2.05) is 4.72 Å². The van der Waals surface area contributed by atoms with E-state index in [0.29, 0.717) is 10.9 Å². The van der Waals surface area contributed by atoms with Gasteiger partial charge in [-0.2, -0.15) is 28.3 Å². The zero-order valence-electron chi connectivity index (χ0n) is 11.6. The fraction of sp³-hybridized carbons (Fsp3) is 0.636. The second-order valence-corrected chi connectivity index (χ2v) is 6.55. The Bertz CT molecular complexity index is 643. The Morgan fingerprint density at radius 1 is 1.48 bits per heavy atom. The van der Waals surface area contributed by atoms with Crippen LogP contribution < -0.4 is 4.72 Å². The van der Waals surface area contributed by atoms with Crippen LogP contribution in [0.4, 0.5) is 13.2 Å². The van der Waals surface area contributed by atoms with Crippen molar-refractivity contribution in [1.29, 1.82) is 5.26 Å². The van der Waals surface area contributed by atoms with Crippen LogP contribution >= 0.6 is 0 Å². The van der Waals surface area contributed by atoms with E-state index in [1.54, 1.807) is 19.9 Å². The van der Waals surface area contributed by atoms with Crippen molar-refractivity contribution in [1.82, 2.24) is 14.5 Å². The number of aromatic nitrogens is 2. The minimum absolute atomic E-state index is 0.00553. The van der Waals surface area contributed by atoms with E-state index in [9.17, 15) is 21.6 Å². The molecule has 21 heavy (non-hydrogen) atoms. The van der Waals surface area contributed by atoms with Crippen molar-refractivity contribution >= 4 is 10.0 Å². The van der Waals surface area contributed by atoms with Gasteiger partial charge in [-0.15, -0.1) is 0 Å². The van der Waals surface area contributed by atoms with Crippen LogP contribution in [0.1, 0.15) is 25.8 Å². The normalized spacial score (nSPS) is 14.2. The predicted octanol–water partition coefficient (Wildman–Crippen LogP) is 1.66. The molecule has 0 aliphatic carbocycles. The van der Waals surface area contributed by atoms with Crippen molar-refractivity contribution in [3.8, 4) is 6.07 Å². The third-order valence-electron chi connectivity index (χ3n) is 2.60. The summed E-state index contributed by atoms with van der Waals surface area (Å²) >= 11 is 0. The fourth-order valence-corrected chi connectivity index (χ4v) is 3.27. The van der Waals surface area contributed by atoms with Crippen molar-refractivity contribution < 1.29 is 21.6 Å². The van der Waals surface area contributed by atoms with E-state index in [0.717, 1.165) is 7.05 Å². The molecule has 0 saturated heterocycles. The lowest BCUT2D eigenvalue weighted by Gasteiger charge is -2.15. The number of nitrogens with one attached hydrogen (secondary N) is 1. The van der Waals surface area contributed by atoms with Gasteiger partial charge in [0.15, 0.2) is 5.03 Å². The summed E-state index contributed by atoms with van der Waals surface area (Å²) in [4.78, 5) is 0. The van der Waals surface area contributed by atoms with Gasteiger partial charge in [-0.05, 0) is 12.3 Å². The summed E-state index contributed by atoms with van der Waals surface area (Å²) in [5, 5.41) is 11.2. The number of rotatable bonds is 5. The second kappa shape index (κ2) is 6.03. The summed E-state index contributed by atoms with van der Waals surface area (Å²) in [7, 11) is -3.42. The first-order chi connectivity index (χ1) is 9.49. The molecule has 10 heteroatoms. The van der Waals surface area contributed by atoms with Crippen LogP contribution in [0.2, 0.25) is 0 Å². The standard InChI is InChI=1S/C11H15F3N4O2S/c1-7(2)4-8(5-15)17-21(19,20)10-9(11(12,13)14)6-16-18(10)3/h6-8,17H,4H2,1-3H3. The average molecular weight is 324 g/mol. The average Bonchev–Trinajstić information content (AvgIpc) is 2.69. The summed E-state index contributed by atoms with van der Waals surface area (Å²) in [6.45, 7) is 3.54. The predicted molar refractivity (Wildman–Crippen MR) is 67.4 cm³/mol. The number of nitriles is 1. The molecule has 0 spiro atoms. The van der Waals surface area contributed by atoms with Gasteiger partial charge in [0.05, 0.1) is 12.3 Å². The van der Waals surface area contributed by atoms with E-state index in [2.05, 4.69) is 5.10 Å². The molecule has 0 aliphatic rings. The van der Waals surface area contributed by atoms with Crippen molar-refractivity contribution in [2.45, 2.75) is 37.5 Å². The lowest BCUT2D eigenvalue weighted by molar-refractivity contribution is -0.140. The highest BCUT2D eigenvalue weighted by Gasteiger charge is 2.41. The summed E-state index contributed by atoms with van der Waals surface area (Å²) in [6, 6.07) is 0.622. The number of aryl methyl sites for hydroxylation is 1. The van der Waals surface area contributed by atoms with Gasteiger partial charge < -0.3 is 0 Å². The van der Waals surface area contributed by atoms with Gasteiger partial charge in [0.1, 0.15) is 11.6 Å². The Labute approximate surface area is 120 Å². The number of hydrogen-bond acceptors (Lipinski definition) is 4. The van der Waals surface area contributed by atoms with Crippen LogP contribution in [-0.2, 0) is 23.2 Å². The topological polar surface area (TPSA) is 87.8 Å². The summed E-state index contributed by atoms with van der Waals surface area (Å²) in [5.74, 6) is 0.00553. The number of alkyl halides is 3. The molecule has 1 rings (SSSR count). The molecule has 118 valence electrons. The minimum Gasteiger partial charge on any atom is -0.256 e. The smallest absolute Gasteiger partial charge is 0.256 e. The molecule has 1 N–H and O–H groups in total. The lowest BCUT2D eigenvalue weighted by Crippen LogP contribution is -2.36. The van der Waals surface area contributed by atoms with Crippen LogP contribution in [0.25, 0.3) is 0 Å². The van der Waals surface area contributed by atoms with E-state index in [4.69, 9.17) is 5.26 Å². The maximum absolute atomic E-state index is 12.8. The molecule has 0 amide bonds. The van der Waals surface area contributed by atoms with Gasteiger partial charge in [0.25, 0.3) is 10.0 Å². The fourth-order valence-electron chi connectivity index (χ4n) is 1.78. The van der Waals surface area contributed by atoms with Crippen LogP contribution in [0.5, 0.6) is 0 Å². The summed E-state index contributed by atoms with van der Waals surface area (Å²) in [5.41, 5.74) is -1.36. The third kappa shape index (κ3) is 4.18. The third-order valence-corrected chi connectivity index (χ3v) is 4.19. The number of nitrogens with zero attached hydrogens (tertiary/aromatic N) is 3. The van der Waals surface area contributed by atoms with Crippen molar-refractivity contribution in [3.05, 3.63) is 11.8 Å². The highest BCUT2D eigenvalue weighted by Crippen LogP contribution is 2.33. The zero-order valence-corrected chi connectivity index (χ0v) is 12.5. The molecule has 6 nitrogen and oxygen atoms in total. The molecule has 1 heterocycles. The lowest BCUT2D eigenvalue weighted by atomic mass is 10.1. The quantitative estimate of drug-likeness (QED) is 0.892. The Morgan fingerprint density at radius 2 is 2.05 bits per heavy atom. The molecule has 1 atom stereocenters. The van der Waals surface area contributed by atoms with Gasteiger partial charge >= 0.3 is 6.18 Å². The molecule has 0 bridgehead atoms. The van der Waals surface area contributed by atoms with E-state index in [1.165, 1.54) is 0 Å². The van der Waals surface area contributed by atoms with Gasteiger partial charge in [-0.25, -0.2) is 8.42 Å². The maximum atomic E-state index is 12.8. The van der Waals surface area contributed by atoms with E-state index in [-0.39, 0.29) is 12.3 Å². The molecule has 0 saturated carbocycles. The van der Waals surface area contributed by atoms with Crippen molar-refractivity contribution in [3.63, 3.8) is 0 Å². The second-order valence-electron chi connectivity index (χ2n) is 4.92. The summed E-state index contributed by atoms with van der Waals surface area (Å²) < 4.78 is 65.3. The molecule has 1 unspecified atom stereocenters. The Hall–Kier alpha value is -1.60. The molecular weight excluding hydrogens is 309 g/mol. The van der Waals surface area contributed by atoms with Crippen molar-refractivity contribution in [2.24, 2.45) is 13.0 Å². The summed E-state index contributed by atoms with van der Waals surface area (Å²) in [6.07, 6.45) is -4.22. The molecule has 1 aromatic heterocycles. The van der Waals surface area contributed by atoms with E-state index < -0.39 is 32.8 Å². The number of sulfonamides is 1. The molecule has 0 aromatic carbocycles. The van der Waals surface area contributed by atoms with Gasteiger partial charge in [0.2, 0.25) is 0 Å². The van der Waals surface area contributed by atoms with Crippen LogP contribution in [0.15, 0.2) is 11.2 Å².